The summed E-state index contributed by atoms with van der Waals surface area (Å²) in [5.41, 5.74) is 4.38. The number of fused-ring (bicyclic) bond motifs is 2. The third kappa shape index (κ3) is 2.24. The van der Waals surface area contributed by atoms with Crippen LogP contribution in [0.3, 0.4) is 0 Å². The highest BCUT2D eigenvalue weighted by atomic mass is 16.3. The molecule has 0 amide bonds. The van der Waals surface area contributed by atoms with E-state index >= 15 is 0 Å². The monoisotopic (exact) mass is 286 g/mol. The number of aryl methyl sites for hydroxylation is 2. The Balaban J connectivity index is 1.56. The Morgan fingerprint density at radius 3 is 2.67 bits per heavy atom. The van der Waals surface area contributed by atoms with Crippen LogP contribution in [0.2, 0.25) is 0 Å². The summed E-state index contributed by atoms with van der Waals surface area (Å²) in [6.45, 7) is 7.22. The number of likely N-dealkylation sites (tertiary alicyclic amines) is 1. The third-order valence-corrected chi connectivity index (χ3v) is 5.05. The first-order chi connectivity index (χ1) is 10.1. The van der Waals surface area contributed by atoms with Crippen molar-refractivity contribution >= 4 is 5.65 Å². The normalized spacial score (nSPS) is 29.4. The van der Waals surface area contributed by atoms with E-state index in [1.54, 1.807) is 0 Å². The molecule has 1 N–H and O–H groups in total. The van der Waals surface area contributed by atoms with Gasteiger partial charge in [-0.3, -0.25) is 4.90 Å². The first-order valence-electron chi connectivity index (χ1n) is 7.81. The van der Waals surface area contributed by atoms with Crippen molar-refractivity contribution in [2.75, 3.05) is 13.1 Å². The molecule has 1 aliphatic heterocycles. The molecule has 3 atom stereocenters. The maximum Gasteiger partial charge on any atom is 0.159 e. The van der Waals surface area contributed by atoms with Crippen molar-refractivity contribution in [2.45, 2.75) is 39.3 Å². The second-order valence-electron chi connectivity index (χ2n) is 6.78. The molecule has 5 heteroatoms. The molecule has 112 valence electrons. The third-order valence-electron chi connectivity index (χ3n) is 5.05. The minimum Gasteiger partial charge on any atom is -0.393 e. The minimum absolute atomic E-state index is 0.0638. The van der Waals surface area contributed by atoms with E-state index in [1.165, 1.54) is 5.56 Å². The topological polar surface area (TPSA) is 53.7 Å². The van der Waals surface area contributed by atoms with Gasteiger partial charge in [-0.05, 0) is 44.6 Å². The molecule has 0 radical (unpaired) electrons. The molecule has 1 saturated heterocycles. The lowest BCUT2D eigenvalue weighted by atomic mass is 10.0. The lowest BCUT2D eigenvalue weighted by Gasteiger charge is -2.16. The van der Waals surface area contributed by atoms with Crippen LogP contribution < -0.4 is 0 Å². The summed E-state index contributed by atoms with van der Waals surface area (Å²) in [5.74, 6) is 1.36. The summed E-state index contributed by atoms with van der Waals surface area (Å²) in [6, 6.07) is 2.06. The van der Waals surface area contributed by atoms with E-state index in [-0.39, 0.29) is 6.10 Å². The molecule has 0 aromatic carbocycles. The summed E-state index contributed by atoms with van der Waals surface area (Å²) in [6.07, 6.45) is 3.85. The van der Waals surface area contributed by atoms with Crippen molar-refractivity contribution < 1.29 is 5.11 Å². The number of rotatable bonds is 2. The summed E-state index contributed by atoms with van der Waals surface area (Å²) in [7, 11) is 0. The number of aromatic nitrogens is 3. The molecule has 0 bridgehead atoms. The predicted octanol–water partition coefficient (Wildman–Crippen LogP) is 1.55. The molecule has 2 aromatic heterocycles. The molecule has 3 heterocycles. The van der Waals surface area contributed by atoms with Crippen molar-refractivity contribution in [3.8, 4) is 0 Å². The quantitative estimate of drug-likeness (QED) is 0.910. The van der Waals surface area contributed by atoms with Crippen LogP contribution in [0.1, 0.15) is 29.8 Å². The Morgan fingerprint density at radius 1 is 1.24 bits per heavy atom. The van der Waals surface area contributed by atoms with Gasteiger partial charge in [0.1, 0.15) is 0 Å². The van der Waals surface area contributed by atoms with Gasteiger partial charge in [0.15, 0.2) is 5.65 Å². The highest BCUT2D eigenvalue weighted by Crippen LogP contribution is 2.38. The van der Waals surface area contributed by atoms with Gasteiger partial charge in [-0.25, -0.2) is 9.50 Å². The van der Waals surface area contributed by atoms with Crippen LogP contribution in [-0.2, 0) is 6.54 Å². The fourth-order valence-corrected chi connectivity index (χ4v) is 4.16. The summed E-state index contributed by atoms with van der Waals surface area (Å²) < 4.78 is 1.93. The highest BCUT2D eigenvalue weighted by molar-refractivity contribution is 5.47. The van der Waals surface area contributed by atoms with Crippen LogP contribution in [0.4, 0.5) is 0 Å². The zero-order valence-corrected chi connectivity index (χ0v) is 12.7. The van der Waals surface area contributed by atoms with E-state index in [4.69, 9.17) is 0 Å². The standard InChI is InChI=1S/C16H22N4O/c1-10-3-11(2)20-16(18-10)14(6-17-20)9-19-7-12-4-15(21)5-13(12)8-19/h3,6,12-13,15,21H,4-5,7-9H2,1-2H3/t12-,13+,15?. The Hall–Kier alpha value is -1.46. The Bertz CT molecular complexity index is 666. The Kier molecular flexibility index (Phi) is 3.01. The SMILES string of the molecule is Cc1cc(C)n2ncc(CN3C[C@H]4CC(O)C[C@H]4C3)c2n1. The molecule has 1 aliphatic carbocycles. The van der Waals surface area contributed by atoms with Crippen molar-refractivity contribution in [1.29, 1.82) is 0 Å². The van der Waals surface area contributed by atoms with Crippen molar-refractivity contribution in [1.82, 2.24) is 19.5 Å². The molecule has 5 nitrogen and oxygen atoms in total. The van der Waals surface area contributed by atoms with E-state index in [1.807, 2.05) is 17.6 Å². The summed E-state index contributed by atoms with van der Waals surface area (Å²) >= 11 is 0. The number of aliphatic hydroxyl groups is 1. The fourth-order valence-electron chi connectivity index (χ4n) is 4.16. The number of nitrogens with zero attached hydrogens (tertiary/aromatic N) is 4. The van der Waals surface area contributed by atoms with Crippen LogP contribution in [0, 0.1) is 25.7 Å². The molecule has 0 spiro atoms. The van der Waals surface area contributed by atoms with Crippen LogP contribution in [0.25, 0.3) is 5.65 Å². The van der Waals surface area contributed by atoms with Crippen molar-refractivity contribution in [3.63, 3.8) is 0 Å². The first-order valence-corrected chi connectivity index (χ1v) is 7.81. The minimum atomic E-state index is -0.0638. The number of aliphatic hydroxyl groups excluding tert-OH is 1. The van der Waals surface area contributed by atoms with E-state index in [9.17, 15) is 5.11 Å². The highest BCUT2D eigenvalue weighted by Gasteiger charge is 2.40. The van der Waals surface area contributed by atoms with E-state index < -0.39 is 0 Å². The molecule has 2 aromatic rings. The molecule has 1 saturated carbocycles. The molecular weight excluding hydrogens is 264 g/mol. The van der Waals surface area contributed by atoms with E-state index in [0.29, 0.717) is 11.8 Å². The van der Waals surface area contributed by atoms with E-state index in [0.717, 1.165) is 49.5 Å². The lowest BCUT2D eigenvalue weighted by molar-refractivity contribution is 0.161. The van der Waals surface area contributed by atoms with Gasteiger partial charge in [0.25, 0.3) is 0 Å². The van der Waals surface area contributed by atoms with Crippen LogP contribution in [-0.4, -0.2) is 43.8 Å². The maximum absolute atomic E-state index is 9.74. The van der Waals surface area contributed by atoms with Gasteiger partial charge in [0, 0.05) is 36.6 Å². The number of hydrogen-bond donors (Lipinski definition) is 1. The van der Waals surface area contributed by atoms with Crippen LogP contribution >= 0.6 is 0 Å². The summed E-state index contributed by atoms with van der Waals surface area (Å²) in [5, 5.41) is 14.2. The second-order valence-corrected chi connectivity index (χ2v) is 6.78. The van der Waals surface area contributed by atoms with Gasteiger partial charge < -0.3 is 5.11 Å². The van der Waals surface area contributed by atoms with Gasteiger partial charge in [0.2, 0.25) is 0 Å². The number of hydrogen-bond acceptors (Lipinski definition) is 4. The molecular formula is C16H22N4O. The van der Waals surface area contributed by atoms with Gasteiger partial charge in [-0.2, -0.15) is 5.10 Å². The molecule has 4 rings (SSSR count). The predicted molar refractivity (Wildman–Crippen MR) is 80.0 cm³/mol. The van der Waals surface area contributed by atoms with Crippen molar-refractivity contribution in [3.05, 3.63) is 29.2 Å². The van der Waals surface area contributed by atoms with Gasteiger partial charge >= 0.3 is 0 Å². The Morgan fingerprint density at radius 2 is 1.95 bits per heavy atom. The smallest absolute Gasteiger partial charge is 0.159 e. The van der Waals surface area contributed by atoms with Gasteiger partial charge in [-0.1, -0.05) is 0 Å². The average Bonchev–Trinajstić information content (AvgIpc) is 3.03. The second kappa shape index (κ2) is 4.78. The van der Waals surface area contributed by atoms with E-state index in [2.05, 4.69) is 28.0 Å². The first kappa shape index (κ1) is 13.2. The lowest BCUT2D eigenvalue weighted by Crippen LogP contribution is -2.22. The Labute approximate surface area is 124 Å². The largest absolute Gasteiger partial charge is 0.393 e. The fraction of sp³-hybridized carbons (Fsp3) is 0.625. The molecule has 21 heavy (non-hydrogen) atoms. The summed E-state index contributed by atoms with van der Waals surface area (Å²) in [4.78, 5) is 7.15. The zero-order chi connectivity index (χ0) is 14.6. The van der Waals surface area contributed by atoms with Crippen LogP contribution in [0.5, 0.6) is 0 Å². The van der Waals surface area contributed by atoms with Gasteiger partial charge in [-0.15, -0.1) is 0 Å². The van der Waals surface area contributed by atoms with Gasteiger partial charge in [0.05, 0.1) is 12.3 Å². The average molecular weight is 286 g/mol. The molecule has 1 unspecified atom stereocenters. The maximum atomic E-state index is 9.74. The zero-order valence-electron chi connectivity index (χ0n) is 12.7. The van der Waals surface area contributed by atoms with Crippen LogP contribution in [0.15, 0.2) is 12.3 Å². The molecule has 2 aliphatic rings. The molecule has 2 fully saturated rings. The van der Waals surface area contributed by atoms with Crippen molar-refractivity contribution in [2.24, 2.45) is 11.8 Å².